The predicted molar refractivity (Wildman–Crippen MR) is 64.1 cm³/mol. The van der Waals surface area contributed by atoms with E-state index in [1.165, 1.54) is 12.1 Å². The van der Waals surface area contributed by atoms with E-state index in [1.807, 2.05) is 0 Å². The number of nitriles is 1. The Morgan fingerprint density at radius 2 is 1.79 bits per heavy atom. The van der Waals surface area contributed by atoms with Gasteiger partial charge in [0.15, 0.2) is 11.6 Å². The third-order valence-electron chi connectivity index (χ3n) is 2.76. The van der Waals surface area contributed by atoms with Gasteiger partial charge in [0.2, 0.25) is 0 Å². The predicted octanol–water partition coefficient (Wildman–Crippen LogP) is 0.731. The van der Waals surface area contributed by atoms with Gasteiger partial charge in [-0.05, 0) is 0 Å². The van der Waals surface area contributed by atoms with Gasteiger partial charge in [0.1, 0.15) is 24.2 Å². The summed E-state index contributed by atoms with van der Waals surface area (Å²) in [4.78, 5) is 38.1. The maximum Gasteiger partial charge on any atom is 0.325 e. The van der Waals surface area contributed by atoms with Crippen LogP contribution in [0.15, 0.2) is 29.3 Å². The number of fused-ring (bicyclic) bond motifs is 1. The third kappa shape index (κ3) is 2.13. The fourth-order valence-electron chi connectivity index (χ4n) is 1.94. The van der Waals surface area contributed by atoms with Crippen LogP contribution >= 0.6 is 0 Å². The summed E-state index contributed by atoms with van der Waals surface area (Å²) in [5.74, 6) is -3.55. The standard InChI is InChI=1S/C13H8N2O4/c14-5-9(15-6-10(16)17)11-12(18)7-3-1-2-4-8(7)13(11)19/h1-4,11H,6H2,(H,16,17). The number of aliphatic carboxylic acids is 1. The highest BCUT2D eigenvalue weighted by Gasteiger charge is 2.41. The molecule has 6 heteroatoms. The van der Waals surface area contributed by atoms with Crippen molar-refractivity contribution in [3.8, 4) is 6.07 Å². The van der Waals surface area contributed by atoms with Crippen LogP contribution in [0.25, 0.3) is 0 Å². The number of rotatable bonds is 3. The highest BCUT2D eigenvalue weighted by molar-refractivity contribution is 6.38. The van der Waals surface area contributed by atoms with Gasteiger partial charge in [-0.15, -0.1) is 0 Å². The molecule has 0 radical (unpaired) electrons. The lowest BCUT2D eigenvalue weighted by molar-refractivity contribution is -0.135. The number of carboxylic acid groups (broad SMARTS) is 1. The molecule has 6 nitrogen and oxygen atoms in total. The molecule has 0 saturated heterocycles. The van der Waals surface area contributed by atoms with Crippen molar-refractivity contribution in [1.82, 2.24) is 0 Å². The molecular weight excluding hydrogens is 248 g/mol. The van der Waals surface area contributed by atoms with Crippen LogP contribution in [0.3, 0.4) is 0 Å². The molecule has 0 fully saturated rings. The fraction of sp³-hybridized carbons (Fsp3) is 0.154. The van der Waals surface area contributed by atoms with Gasteiger partial charge in [0.05, 0.1) is 0 Å². The first-order valence-corrected chi connectivity index (χ1v) is 5.40. The first-order valence-electron chi connectivity index (χ1n) is 5.40. The summed E-state index contributed by atoms with van der Waals surface area (Å²) < 4.78 is 0. The Morgan fingerprint density at radius 1 is 1.26 bits per heavy atom. The van der Waals surface area contributed by atoms with E-state index in [2.05, 4.69) is 4.99 Å². The number of carboxylic acids is 1. The van der Waals surface area contributed by atoms with E-state index >= 15 is 0 Å². The van der Waals surface area contributed by atoms with Gasteiger partial charge in [-0.2, -0.15) is 5.26 Å². The number of hydrogen-bond donors (Lipinski definition) is 1. The molecule has 0 unspecified atom stereocenters. The fourth-order valence-corrected chi connectivity index (χ4v) is 1.94. The van der Waals surface area contributed by atoms with E-state index in [-0.39, 0.29) is 16.8 Å². The Hall–Kier alpha value is -2.81. The molecule has 0 atom stereocenters. The molecule has 1 aliphatic carbocycles. The normalized spacial score (nSPS) is 15.2. The number of benzene rings is 1. The number of ketones is 2. The molecule has 0 aliphatic heterocycles. The number of carbonyl (C=O) groups is 3. The maximum absolute atomic E-state index is 12.1. The molecule has 0 bridgehead atoms. The molecule has 0 saturated carbocycles. The van der Waals surface area contributed by atoms with Crippen molar-refractivity contribution in [3.05, 3.63) is 35.4 Å². The van der Waals surface area contributed by atoms with Crippen LogP contribution < -0.4 is 0 Å². The molecule has 19 heavy (non-hydrogen) atoms. The zero-order valence-electron chi connectivity index (χ0n) is 9.66. The lowest BCUT2D eigenvalue weighted by atomic mass is 9.98. The average molecular weight is 256 g/mol. The van der Waals surface area contributed by atoms with Crippen LogP contribution in [0.5, 0.6) is 0 Å². The second kappa shape index (κ2) is 4.82. The van der Waals surface area contributed by atoms with Crippen molar-refractivity contribution in [3.63, 3.8) is 0 Å². The largest absolute Gasteiger partial charge is 0.480 e. The summed E-state index contributed by atoms with van der Waals surface area (Å²) in [6, 6.07) is 7.88. The summed E-state index contributed by atoms with van der Waals surface area (Å²) in [5, 5.41) is 17.5. The number of aliphatic imine (C=N–C) groups is 1. The highest BCUT2D eigenvalue weighted by Crippen LogP contribution is 2.27. The van der Waals surface area contributed by atoms with Gasteiger partial charge in [0, 0.05) is 11.1 Å². The van der Waals surface area contributed by atoms with E-state index < -0.39 is 30.0 Å². The van der Waals surface area contributed by atoms with Crippen LogP contribution in [0.2, 0.25) is 0 Å². The number of hydrogen-bond acceptors (Lipinski definition) is 5. The minimum absolute atomic E-state index is 0.246. The van der Waals surface area contributed by atoms with Crippen molar-refractivity contribution in [2.75, 3.05) is 6.54 Å². The molecule has 1 aromatic rings. The number of carbonyl (C=O) groups excluding carboxylic acids is 2. The van der Waals surface area contributed by atoms with Gasteiger partial charge in [-0.1, -0.05) is 24.3 Å². The summed E-state index contributed by atoms with van der Waals surface area (Å²) >= 11 is 0. The molecular formula is C13H8N2O4. The second-order valence-electron chi connectivity index (χ2n) is 3.91. The van der Waals surface area contributed by atoms with Crippen molar-refractivity contribution in [1.29, 1.82) is 5.26 Å². The van der Waals surface area contributed by atoms with E-state index in [0.717, 1.165) is 0 Å². The van der Waals surface area contributed by atoms with Gasteiger partial charge in [-0.3, -0.25) is 19.4 Å². The zero-order valence-corrected chi connectivity index (χ0v) is 9.66. The lowest BCUT2D eigenvalue weighted by Gasteiger charge is -2.03. The summed E-state index contributed by atoms with van der Waals surface area (Å²) in [6.07, 6.45) is 0. The van der Waals surface area contributed by atoms with Crippen molar-refractivity contribution in [2.45, 2.75) is 0 Å². The van der Waals surface area contributed by atoms with E-state index in [1.54, 1.807) is 18.2 Å². The summed E-state index contributed by atoms with van der Waals surface area (Å²) in [5.41, 5.74) is 0.139. The molecule has 1 N–H and O–H groups in total. The molecule has 94 valence electrons. The Bertz CT molecular complexity index is 620. The van der Waals surface area contributed by atoms with Gasteiger partial charge in [0.25, 0.3) is 0 Å². The molecule has 0 spiro atoms. The maximum atomic E-state index is 12.1. The van der Waals surface area contributed by atoms with Gasteiger partial charge in [-0.25, -0.2) is 0 Å². The molecule has 0 aromatic heterocycles. The SMILES string of the molecule is N#CC(=NCC(=O)O)C1C(=O)c2ccccc2C1=O. The van der Waals surface area contributed by atoms with Crippen LogP contribution in [0.4, 0.5) is 0 Å². The Morgan fingerprint density at radius 3 is 2.21 bits per heavy atom. The van der Waals surface area contributed by atoms with Gasteiger partial charge >= 0.3 is 5.97 Å². The second-order valence-corrected chi connectivity index (χ2v) is 3.91. The molecule has 1 aromatic carbocycles. The zero-order chi connectivity index (χ0) is 14.0. The topological polar surface area (TPSA) is 108 Å². The average Bonchev–Trinajstić information content (AvgIpc) is 2.65. The lowest BCUT2D eigenvalue weighted by Crippen LogP contribution is -2.25. The summed E-state index contributed by atoms with van der Waals surface area (Å²) in [7, 11) is 0. The minimum Gasteiger partial charge on any atom is -0.480 e. The minimum atomic E-state index is -1.30. The van der Waals surface area contributed by atoms with E-state index in [0.29, 0.717) is 0 Å². The Labute approximate surface area is 108 Å². The van der Waals surface area contributed by atoms with E-state index in [9.17, 15) is 14.4 Å². The van der Waals surface area contributed by atoms with Crippen LogP contribution in [0, 0.1) is 17.2 Å². The smallest absolute Gasteiger partial charge is 0.325 e. The Kier molecular flexibility index (Phi) is 3.21. The molecule has 1 aliphatic rings. The van der Waals surface area contributed by atoms with Crippen LogP contribution in [-0.2, 0) is 4.79 Å². The monoisotopic (exact) mass is 256 g/mol. The van der Waals surface area contributed by atoms with Crippen molar-refractivity contribution >= 4 is 23.2 Å². The van der Waals surface area contributed by atoms with Gasteiger partial charge < -0.3 is 5.11 Å². The summed E-state index contributed by atoms with van der Waals surface area (Å²) in [6.45, 7) is -0.643. The van der Waals surface area contributed by atoms with E-state index in [4.69, 9.17) is 10.4 Å². The Balaban J connectivity index is 2.41. The highest BCUT2D eigenvalue weighted by atomic mass is 16.4. The van der Waals surface area contributed by atoms with Crippen molar-refractivity contribution < 1.29 is 19.5 Å². The number of Topliss-reactive ketones (excluding diaryl/α,β-unsaturated/α-hetero) is 2. The van der Waals surface area contributed by atoms with Crippen LogP contribution in [-0.4, -0.2) is 34.9 Å². The van der Waals surface area contributed by atoms with Crippen molar-refractivity contribution in [2.24, 2.45) is 10.9 Å². The molecule has 0 amide bonds. The van der Waals surface area contributed by atoms with Crippen LogP contribution in [0.1, 0.15) is 20.7 Å². The first kappa shape index (κ1) is 12.6. The molecule has 2 rings (SSSR count). The quantitative estimate of drug-likeness (QED) is 0.633. The first-order chi connectivity index (χ1) is 9.06. The number of nitrogens with zero attached hydrogens (tertiary/aromatic N) is 2. The molecule has 0 heterocycles. The third-order valence-corrected chi connectivity index (χ3v) is 2.76.